The predicted octanol–water partition coefficient (Wildman–Crippen LogP) is 2.31. The minimum Gasteiger partial charge on any atom is -0.321 e. The Hall–Kier alpha value is -0.900. The quantitative estimate of drug-likeness (QED) is 0.671. The van der Waals surface area contributed by atoms with Crippen molar-refractivity contribution in [1.29, 1.82) is 0 Å². The van der Waals surface area contributed by atoms with Crippen molar-refractivity contribution >= 4 is 0 Å². The molecule has 0 radical (unpaired) electrons. The first-order chi connectivity index (χ1) is 8.24. The number of nitrogens with zero attached hydrogens (tertiary/aromatic N) is 3. The van der Waals surface area contributed by atoms with Crippen molar-refractivity contribution in [3.63, 3.8) is 0 Å². The largest absolute Gasteiger partial charge is 0.321 e. The zero-order valence-corrected chi connectivity index (χ0v) is 11.4. The molecule has 17 heavy (non-hydrogen) atoms. The molecular weight excluding hydrogens is 212 g/mol. The Morgan fingerprint density at radius 2 is 2.18 bits per heavy atom. The van der Waals surface area contributed by atoms with E-state index in [9.17, 15) is 0 Å². The molecule has 0 spiro atoms. The maximum Gasteiger partial charge on any atom is 0.133 e. The Balaban J connectivity index is 2.04. The topological polar surface area (TPSA) is 42.7 Å². The zero-order valence-electron chi connectivity index (χ0n) is 11.4. The van der Waals surface area contributed by atoms with Gasteiger partial charge in [-0.15, -0.1) is 10.2 Å². The molecule has 1 heterocycles. The highest BCUT2D eigenvalue weighted by atomic mass is 15.2. The number of rotatable bonds is 9. The van der Waals surface area contributed by atoms with Gasteiger partial charge in [0.2, 0.25) is 0 Å². The zero-order chi connectivity index (χ0) is 12.5. The number of hydrogen-bond donors (Lipinski definition) is 1. The van der Waals surface area contributed by atoms with Crippen LogP contribution in [-0.2, 0) is 13.5 Å². The summed E-state index contributed by atoms with van der Waals surface area (Å²) in [5, 5.41) is 11.5. The maximum absolute atomic E-state index is 4.07. The molecule has 0 aliphatic heterocycles. The first-order valence-corrected chi connectivity index (χ1v) is 6.80. The van der Waals surface area contributed by atoms with Gasteiger partial charge in [0.05, 0.1) is 0 Å². The van der Waals surface area contributed by atoms with Crippen molar-refractivity contribution in [2.45, 2.75) is 58.4 Å². The molecule has 1 aromatic rings. The standard InChI is InChI=1S/C13H26N4/c1-4-5-6-7-8-12(2)14-10-9-13-16-15-11-17(13)3/h11-12,14H,4-10H2,1-3H3. The van der Waals surface area contributed by atoms with Crippen LogP contribution in [0.3, 0.4) is 0 Å². The van der Waals surface area contributed by atoms with E-state index in [-0.39, 0.29) is 0 Å². The molecule has 0 saturated heterocycles. The second kappa shape index (κ2) is 8.23. The van der Waals surface area contributed by atoms with Crippen molar-refractivity contribution in [3.05, 3.63) is 12.2 Å². The third-order valence-electron chi connectivity index (χ3n) is 3.14. The van der Waals surface area contributed by atoms with Gasteiger partial charge in [-0.25, -0.2) is 0 Å². The van der Waals surface area contributed by atoms with Gasteiger partial charge in [0.15, 0.2) is 0 Å². The van der Waals surface area contributed by atoms with Crippen LogP contribution in [0.4, 0.5) is 0 Å². The first-order valence-electron chi connectivity index (χ1n) is 6.80. The molecule has 0 bridgehead atoms. The molecule has 1 rings (SSSR count). The number of aromatic nitrogens is 3. The lowest BCUT2D eigenvalue weighted by atomic mass is 10.1. The molecule has 0 aromatic carbocycles. The van der Waals surface area contributed by atoms with Crippen molar-refractivity contribution in [3.8, 4) is 0 Å². The number of nitrogens with one attached hydrogen (secondary N) is 1. The molecule has 1 atom stereocenters. The summed E-state index contributed by atoms with van der Waals surface area (Å²) < 4.78 is 1.98. The normalized spacial score (nSPS) is 12.9. The van der Waals surface area contributed by atoms with Crippen LogP contribution in [0.5, 0.6) is 0 Å². The van der Waals surface area contributed by atoms with Gasteiger partial charge >= 0.3 is 0 Å². The molecule has 0 aliphatic rings. The van der Waals surface area contributed by atoms with E-state index < -0.39 is 0 Å². The second-order valence-corrected chi connectivity index (χ2v) is 4.81. The summed E-state index contributed by atoms with van der Waals surface area (Å²) in [6.07, 6.45) is 9.37. The molecule has 1 N–H and O–H groups in total. The van der Waals surface area contributed by atoms with Gasteiger partial charge in [0, 0.05) is 26.1 Å². The van der Waals surface area contributed by atoms with Crippen molar-refractivity contribution < 1.29 is 0 Å². The van der Waals surface area contributed by atoms with Crippen LogP contribution in [0.1, 0.15) is 51.8 Å². The van der Waals surface area contributed by atoms with Crippen LogP contribution in [0.15, 0.2) is 6.33 Å². The van der Waals surface area contributed by atoms with Crippen molar-refractivity contribution in [1.82, 2.24) is 20.1 Å². The Bertz CT molecular complexity index is 295. The molecule has 1 aromatic heterocycles. The Kier molecular flexibility index (Phi) is 6.86. The lowest BCUT2D eigenvalue weighted by Gasteiger charge is -2.13. The van der Waals surface area contributed by atoms with Crippen LogP contribution < -0.4 is 5.32 Å². The summed E-state index contributed by atoms with van der Waals surface area (Å²) in [5.74, 6) is 1.05. The molecule has 0 saturated carbocycles. The summed E-state index contributed by atoms with van der Waals surface area (Å²) >= 11 is 0. The van der Waals surface area contributed by atoms with E-state index in [0.717, 1.165) is 18.8 Å². The van der Waals surface area contributed by atoms with Gasteiger partial charge in [-0.3, -0.25) is 0 Å². The van der Waals surface area contributed by atoms with Gasteiger partial charge < -0.3 is 9.88 Å². The molecule has 4 heteroatoms. The monoisotopic (exact) mass is 238 g/mol. The van der Waals surface area contributed by atoms with Gasteiger partial charge in [0.1, 0.15) is 12.2 Å². The van der Waals surface area contributed by atoms with E-state index >= 15 is 0 Å². The lowest BCUT2D eigenvalue weighted by molar-refractivity contribution is 0.482. The highest BCUT2D eigenvalue weighted by Crippen LogP contribution is 2.05. The summed E-state index contributed by atoms with van der Waals surface area (Å²) in [5.41, 5.74) is 0. The van der Waals surface area contributed by atoms with E-state index in [0.29, 0.717) is 6.04 Å². The van der Waals surface area contributed by atoms with E-state index in [4.69, 9.17) is 0 Å². The first kappa shape index (κ1) is 14.2. The molecule has 4 nitrogen and oxygen atoms in total. The number of hydrogen-bond acceptors (Lipinski definition) is 3. The third kappa shape index (κ3) is 5.82. The van der Waals surface area contributed by atoms with Gasteiger partial charge in [0.25, 0.3) is 0 Å². The Morgan fingerprint density at radius 3 is 2.82 bits per heavy atom. The van der Waals surface area contributed by atoms with Crippen LogP contribution in [0.2, 0.25) is 0 Å². The maximum atomic E-state index is 4.07. The summed E-state index contributed by atoms with van der Waals surface area (Å²) in [7, 11) is 1.99. The number of unbranched alkanes of at least 4 members (excludes halogenated alkanes) is 3. The molecule has 0 fully saturated rings. The van der Waals surface area contributed by atoms with Crippen LogP contribution >= 0.6 is 0 Å². The SMILES string of the molecule is CCCCCCC(C)NCCc1nncn1C. The molecule has 98 valence electrons. The highest BCUT2D eigenvalue weighted by molar-refractivity contribution is 4.85. The van der Waals surface area contributed by atoms with E-state index in [2.05, 4.69) is 29.4 Å². The Morgan fingerprint density at radius 1 is 1.35 bits per heavy atom. The van der Waals surface area contributed by atoms with Crippen molar-refractivity contribution in [2.24, 2.45) is 7.05 Å². The minimum atomic E-state index is 0.611. The van der Waals surface area contributed by atoms with Gasteiger partial charge in [-0.2, -0.15) is 0 Å². The van der Waals surface area contributed by atoms with Gasteiger partial charge in [-0.1, -0.05) is 32.6 Å². The average molecular weight is 238 g/mol. The van der Waals surface area contributed by atoms with E-state index in [1.807, 2.05) is 11.6 Å². The summed E-state index contributed by atoms with van der Waals surface area (Å²) in [6, 6.07) is 0.611. The lowest BCUT2D eigenvalue weighted by Crippen LogP contribution is -2.28. The minimum absolute atomic E-state index is 0.611. The van der Waals surface area contributed by atoms with Crippen molar-refractivity contribution in [2.75, 3.05) is 6.54 Å². The molecular formula is C13H26N4. The van der Waals surface area contributed by atoms with Crippen LogP contribution in [0.25, 0.3) is 0 Å². The third-order valence-corrected chi connectivity index (χ3v) is 3.14. The van der Waals surface area contributed by atoms with E-state index in [1.54, 1.807) is 6.33 Å². The van der Waals surface area contributed by atoms with E-state index in [1.165, 1.54) is 32.1 Å². The Labute approximate surface area is 105 Å². The van der Waals surface area contributed by atoms with Gasteiger partial charge in [-0.05, 0) is 13.3 Å². The second-order valence-electron chi connectivity index (χ2n) is 4.81. The summed E-state index contributed by atoms with van der Waals surface area (Å²) in [4.78, 5) is 0. The summed E-state index contributed by atoms with van der Waals surface area (Å²) in [6.45, 7) is 5.51. The van der Waals surface area contributed by atoms with Crippen LogP contribution in [-0.4, -0.2) is 27.4 Å². The molecule has 0 aliphatic carbocycles. The van der Waals surface area contributed by atoms with Crippen LogP contribution in [0, 0.1) is 0 Å². The smallest absolute Gasteiger partial charge is 0.133 e. The average Bonchev–Trinajstić information content (AvgIpc) is 2.71. The fourth-order valence-corrected chi connectivity index (χ4v) is 1.94. The molecule has 0 amide bonds. The highest BCUT2D eigenvalue weighted by Gasteiger charge is 2.03. The molecule has 1 unspecified atom stereocenters. The predicted molar refractivity (Wildman–Crippen MR) is 70.9 cm³/mol. The fourth-order valence-electron chi connectivity index (χ4n) is 1.94. The number of aryl methyl sites for hydroxylation is 1. The fraction of sp³-hybridized carbons (Fsp3) is 0.846.